The molecule has 0 fully saturated rings. The zero-order valence-electron chi connectivity index (χ0n) is 45.2. The summed E-state index contributed by atoms with van der Waals surface area (Å²) in [6.45, 7) is 4.00. The molecule has 1 unspecified atom stereocenters. The van der Waals surface area contributed by atoms with Crippen molar-refractivity contribution in [2.24, 2.45) is 0 Å². The van der Waals surface area contributed by atoms with Gasteiger partial charge in [0.1, 0.15) is 6.61 Å². The Kier molecular flexibility index (Phi) is 56.0. The molecule has 0 amide bonds. The van der Waals surface area contributed by atoms with Gasteiger partial charge in [0.05, 0.1) is 6.61 Å². The number of carbonyl (C=O) groups excluding carboxylic acids is 2. The molecule has 0 aromatic heterocycles. The van der Waals surface area contributed by atoms with E-state index in [1.807, 2.05) is 0 Å². The number of unbranched alkanes of at least 4 members (excludes halogenated alkanes) is 21. The van der Waals surface area contributed by atoms with E-state index >= 15 is 0 Å². The first-order valence-corrected chi connectivity index (χ1v) is 28.7. The number of rotatable bonds is 51. The Hall–Kier alpha value is -3.96. The Morgan fingerprint density at radius 3 is 0.929 bits per heavy atom. The summed E-state index contributed by atoms with van der Waals surface area (Å²) in [5.74, 6) is -0.614. The van der Waals surface area contributed by atoms with Crippen LogP contribution in [0.2, 0.25) is 0 Å². The van der Waals surface area contributed by atoms with Crippen molar-refractivity contribution in [1.82, 2.24) is 0 Å². The molecule has 0 saturated carbocycles. The lowest BCUT2D eigenvalue weighted by Crippen LogP contribution is -2.28. The van der Waals surface area contributed by atoms with E-state index in [0.29, 0.717) is 12.8 Å². The molecule has 396 valence electrons. The third-order valence-electron chi connectivity index (χ3n) is 11.9. The minimum absolute atomic E-state index is 0.0809. The van der Waals surface area contributed by atoms with Gasteiger partial charge >= 0.3 is 11.9 Å². The van der Waals surface area contributed by atoms with Crippen LogP contribution in [0.1, 0.15) is 245 Å². The molecule has 70 heavy (non-hydrogen) atoms. The molecule has 0 radical (unpaired) electrons. The van der Waals surface area contributed by atoms with E-state index in [-0.39, 0.29) is 25.2 Å². The maximum Gasteiger partial charge on any atom is 0.306 e. The van der Waals surface area contributed by atoms with Crippen LogP contribution in [-0.4, -0.2) is 36.4 Å². The van der Waals surface area contributed by atoms with Crippen molar-refractivity contribution in [2.45, 2.75) is 251 Å². The van der Waals surface area contributed by atoms with Crippen molar-refractivity contribution in [2.75, 3.05) is 13.2 Å². The molecule has 5 nitrogen and oxygen atoms in total. The van der Waals surface area contributed by atoms with E-state index in [1.165, 1.54) is 103 Å². The van der Waals surface area contributed by atoms with Gasteiger partial charge in [-0.05, 0) is 116 Å². The van der Waals surface area contributed by atoms with E-state index < -0.39 is 6.10 Å². The fourth-order valence-electron chi connectivity index (χ4n) is 7.64. The minimum Gasteiger partial charge on any atom is -0.462 e. The maximum absolute atomic E-state index is 12.3. The first kappa shape index (κ1) is 66.0. The van der Waals surface area contributed by atoms with Gasteiger partial charge in [-0.1, -0.05) is 250 Å². The van der Waals surface area contributed by atoms with Gasteiger partial charge in [-0.15, -0.1) is 0 Å². The summed E-state index contributed by atoms with van der Waals surface area (Å²) in [5, 5.41) is 9.66. The van der Waals surface area contributed by atoms with Crippen LogP contribution in [0.5, 0.6) is 0 Å². The molecule has 5 heteroatoms. The van der Waals surface area contributed by atoms with E-state index in [9.17, 15) is 14.7 Å². The van der Waals surface area contributed by atoms with E-state index in [4.69, 9.17) is 9.47 Å². The van der Waals surface area contributed by atoms with Gasteiger partial charge in [-0.25, -0.2) is 0 Å². The molecular formula is C65H106O5. The molecule has 0 aliphatic heterocycles. The monoisotopic (exact) mass is 967 g/mol. The molecule has 0 spiro atoms. The lowest BCUT2D eigenvalue weighted by atomic mass is 10.1. The van der Waals surface area contributed by atoms with Crippen LogP contribution in [0, 0.1) is 0 Å². The van der Waals surface area contributed by atoms with E-state index in [1.54, 1.807) is 0 Å². The summed E-state index contributed by atoms with van der Waals surface area (Å²) >= 11 is 0. The van der Waals surface area contributed by atoms with E-state index in [0.717, 1.165) is 116 Å². The first-order chi connectivity index (χ1) is 34.6. The fraction of sp³-hybridized carbons (Fsp3) is 0.631. The highest BCUT2D eigenvalue weighted by Gasteiger charge is 2.16. The zero-order valence-corrected chi connectivity index (χ0v) is 45.2. The van der Waals surface area contributed by atoms with Crippen LogP contribution in [0.4, 0.5) is 0 Å². The van der Waals surface area contributed by atoms with Crippen molar-refractivity contribution < 1.29 is 24.2 Å². The Morgan fingerprint density at radius 2 is 0.614 bits per heavy atom. The predicted octanol–water partition coefficient (Wildman–Crippen LogP) is 19.6. The second-order valence-corrected chi connectivity index (χ2v) is 18.6. The number of hydrogen-bond acceptors (Lipinski definition) is 5. The topological polar surface area (TPSA) is 72.8 Å². The molecule has 0 aromatic rings. The number of carbonyl (C=O) groups is 2. The van der Waals surface area contributed by atoms with Crippen molar-refractivity contribution in [3.8, 4) is 0 Å². The normalized spacial score (nSPS) is 13.2. The van der Waals surface area contributed by atoms with Crippen LogP contribution < -0.4 is 0 Å². The van der Waals surface area contributed by atoms with Gasteiger partial charge in [0.15, 0.2) is 6.10 Å². The highest BCUT2D eigenvalue weighted by Crippen LogP contribution is 2.14. The van der Waals surface area contributed by atoms with Crippen LogP contribution in [0.15, 0.2) is 134 Å². The molecule has 0 heterocycles. The van der Waals surface area contributed by atoms with Gasteiger partial charge in [0.25, 0.3) is 0 Å². The largest absolute Gasteiger partial charge is 0.462 e. The van der Waals surface area contributed by atoms with Gasteiger partial charge in [-0.2, -0.15) is 0 Å². The van der Waals surface area contributed by atoms with Gasteiger partial charge in [0, 0.05) is 12.8 Å². The molecule has 1 N–H and O–H groups in total. The van der Waals surface area contributed by atoms with Crippen LogP contribution in [0.25, 0.3) is 0 Å². The van der Waals surface area contributed by atoms with Gasteiger partial charge < -0.3 is 14.6 Å². The third kappa shape index (κ3) is 56.6. The summed E-state index contributed by atoms with van der Waals surface area (Å²) in [7, 11) is 0. The summed E-state index contributed by atoms with van der Waals surface area (Å²) in [4.78, 5) is 24.5. The SMILES string of the molecule is CC/C=C\C/C=C\C/C=C\C/C=C\C/C=C\C/C=C\C/C=C\C/C=C\CCCCCCCCCCC(=O)OC(CO)COC(=O)CCCCCCCCCC/C=C\C/C=C\C/C=C\CCCCCCC. The number of esters is 2. The Balaban J connectivity index is 3.60. The number of ether oxygens (including phenoxy) is 2. The lowest BCUT2D eigenvalue weighted by molar-refractivity contribution is -0.161. The number of aliphatic hydroxyl groups excluding tert-OH is 1. The summed E-state index contributed by atoms with van der Waals surface area (Å²) in [5.41, 5.74) is 0. The highest BCUT2D eigenvalue weighted by atomic mass is 16.6. The molecule has 0 rings (SSSR count). The van der Waals surface area contributed by atoms with Crippen molar-refractivity contribution in [3.63, 3.8) is 0 Å². The minimum atomic E-state index is -0.791. The van der Waals surface area contributed by atoms with Crippen LogP contribution in [-0.2, 0) is 19.1 Å². The number of aliphatic hydroxyl groups is 1. The predicted molar refractivity (Wildman–Crippen MR) is 306 cm³/mol. The van der Waals surface area contributed by atoms with Crippen molar-refractivity contribution in [3.05, 3.63) is 134 Å². The molecule has 0 aliphatic rings. The smallest absolute Gasteiger partial charge is 0.306 e. The third-order valence-corrected chi connectivity index (χ3v) is 11.9. The molecule has 0 saturated heterocycles. The van der Waals surface area contributed by atoms with E-state index in [2.05, 4.69) is 148 Å². The Labute approximate surface area is 432 Å². The quantitative estimate of drug-likeness (QED) is 0.0374. The summed E-state index contributed by atoms with van der Waals surface area (Å²) in [6, 6.07) is 0. The average molecular weight is 968 g/mol. The molecular weight excluding hydrogens is 861 g/mol. The fourth-order valence-corrected chi connectivity index (χ4v) is 7.64. The Morgan fingerprint density at radius 1 is 0.343 bits per heavy atom. The average Bonchev–Trinajstić information content (AvgIpc) is 3.36. The highest BCUT2D eigenvalue weighted by molar-refractivity contribution is 5.70. The second kappa shape index (κ2) is 59.3. The number of hydrogen-bond donors (Lipinski definition) is 1. The van der Waals surface area contributed by atoms with Gasteiger partial charge in [-0.3, -0.25) is 9.59 Å². The van der Waals surface area contributed by atoms with Crippen molar-refractivity contribution in [1.29, 1.82) is 0 Å². The van der Waals surface area contributed by atoms with Crippen LogP contribution in [0.3, 0.4) is 0 Å². The van der Waals surface area contributed by atoms with Crippen LogP contribution >= 0.6 is 0 Å². The first-order valence-electron chi connectivity index (χ1n) is 28.7. The lowest BCUT2D eigenvalue weighted by Gasteiger charge is -2.15. The second-order valence-electron chi connectivity index (χ2n) is 18.6. The standard InChI is InChI=1S/C65H106O5/c1-3-5-7-9-11-13-15-17-19-21-23-25-27-28-29-30-31-32-33-34-35-36-38-40-42-44-46-48-50-52-54-56-58-60-65(68)70-63(61-66)62-69-64(67)59-57-55-53-51-49-47-45-43-41-39-37-26-24-22-20-18-16-14-12-10-8-6-4-2/h5,7,11,13,16-19,22-25,28-29,31-32,34-35,37-40,63,66H,3-4,6,8-10,12,14-15,20-21,26-27,30,33,36,41-62H2,1-2H3/b7-5-,13-11-,18-16-,19-17-,24-22-,25-23-,29-28-,32-31-,35-34-,39-37-,40-38-. The van der Waals surface area contributed by atoms with Crippen molar-refractivity contribution >= 4 is 11.9 Å². The molecule has 0 bridgehead atoms. The maximum atomic E-state index is 12.3. The molecule has 1 atom stereocenters. The molecule has 0 aliphatic carbocycles. The number of allylic oxidation sites excluding steroid dienone is 22. The van der Waals surface area contributed by atoms with Gasteiger partial charge in [0.2, 0.25) is 0 Å². The molecule has 0 aromatic carbocycles. The summed E-state index contributed by atoms with van der Waals surface area (Å²) in [6.07, 6.45) is 88.4. The Bertz CT molecular complexity index is 1470. The zero-order chi connectivity index (χ0) is 50.6. The summed E-state index contributed by atoms with van der Waals surface area (Å²) < 4.78 is 10.7.